The van der Waals surface area contributed by atoms with Crippen molar-refractivity contribution in [2.75, 3.05) is 19.7 Å². The number of aromatic amines is 1. The first-order chi connectivity index (χ1) is 14.8. The first-order valence-corrected chi connectivity index (χ1v) is 10.9. The molecule has 4 aromatic rings. The molecule has 0 radical (unpaired) electrons. The highest BCUT2D eigenvalue weighted by Gasteiger charge is 2.30. The predicted molar refractivity (Wildman–Crippen MR) is 123 cm³/mol. The quantitative estimate of drug-likeness (QED) is 0.472. The van der Waals surface area contributed by atoms with Crippen LogP contribution in [0.3, 0.4) is 0 Å². The fourth-order valence-corrected chi connectivity index (χ4v) is 5.01. The molecule has 2 N–H and O–H groups in total. The molecule has 1 aliphatic rings. The molecule has 1 saturated heterocycles. The predicted octanol–water partition coefficient (Wildman–Crippen LogP) is 5.43. The lowest BCUT2D eigenvalue weighted by molar-refractivity contribution is 0.0976. The molecule has 2 heterocycles. The maximum Gasteiger partial charge on any atom is 0.0510 e. The third kappa shape index (κ3) is 3.67. The lowest BCUT2D eigenvalue weighted by Gasteiger charge is -2.38. The van der Waals surface area contributed by atoms with Crippen molar-refractivity contribution in [1.29, 1.82) is 0 Å². The summed E-state index contributed by atoms with van der Waals surface area (Å²) in [6.45, 7) is 3.09. The molecular formula is C27H28N2O. The molecule has 3 heteroatoms. The van der Waals surface area contributed by atoms with E-state index in [1.54, 1.807) is 0 Å². The van der Waals surface area contributed by atoms with Gasteiger partial charge < -0.3 is 10.1 Å². The van der Waals surface area contributed by atoms with Gasteiger partial charge in [-0.2, -0.15) is 0 Å². The van der Waals surface area contributed by atoms with Crippen molar-refractivity contribution in [1.82, 2.24) is 9.88 Å². The van der Waals surface area contributed by atoms with E-state index in [1.807, 2.05) is 0 Å². The molecule has 1 aliphatic heterocycles. The molecule has 2 atom stereocenters. The third-order valence-corrected chi connectivity index (χ3v) is 6.54. The molecule has 0 saturated carbocycles. The Morgan fingerprint density at radius 2 is 1.57 bits per heavy atom. The molecule has 0 amide bonds. The Labute approximate surface area is 178 Å². The summed E-state index contributed by atoms with van der Waals surface area (Å²) in [5.41, 5.74) is 6.33. The number of aromatic nitrogens is 1. The van der Waals surface area contributed by atoms with Gasteiger partial charge in [0, 0.05) is 36.5 Å². The second kappa shape index (κ2) is 8.47. The van der Waals surface area contributed by atoms with Gasteiger partial charge in [-0.15, -0.1) is 0 Å². The molecular weight excluding hydrogens is 368 g/mol. The van der Waals surface area contributed by atoms with Gasteiger partial charge in [0.15, 0.2) is 0 Å². The number of hydrogen-bond donors (Lipinski definition) is 2. The van der Waals surface area contributed by atoms with Gasteiger partial charge >= 0.3 is 0 Å². The number of aliphatic hydroxyl groups excluding tert-OH is 1. The zero-order valence-corrected chi connectivity index (χ0v) is 17.2. The van der Waals surface area contributed by atoms with E-state index in [-0.39, 0.29) is 12.5 Å². The molecule has 3 nitrogen and oxygen atoms in total. The van der Waals surface area contributed by atoms with Crippen LogP contribution >= 0.6 is 0 Å². The van der Waals surface area contributed by atoms with Crippen molar-refractivity contribution in [3.63, 3.8) is 0 Å². The number of piperidine rings is 1. The maximum atomic E-state index is 10.1. The Morgan fingerprint density at radius 3 is 2.33 bits per heavy atom. The largest absolute Gasteiger partial charge is 0.396 e. The van der Waals surface area contributed by atoms with Crippen LogP contribution in [0.2, 0.25) is 0 Å². The van der Waals surface area contributed by atoms with Crippen LogP contribution in [0, 0.1) is 5.92 Å². The van der Waals surface area contributed by atoms with E-state index in [2.05, 4.69) is 94.8 Å². The van der Waals surface area contributed by atoms with Crippen LogP contribution in [-0.4, -0.2) is 34.7 Å². The topological polar surface area (TPSA) is 39.3 Å². The summed E-state index contributed by atoms with van der Waals surface area (Å²) in [5.74, 6) is 0.704. The van der Waals surface area contributed by atoms with Crippen LogP contribution in [0.15, 0.2) is 84.9 Å². The van der Waals surface area contributed by atoms with Crippen molar-refractivity contribution in [2.45, 2.75) is 18.9 Å². The zero-order valence-electron chi connectivity index (χ0n) is 17.2. The maximum absolute atomic E-state index is 10.1. The number of H-pyrrole nitrogens is 1. The number of para-hydroxylation sites is 1. The van der Waals surface area contributed by atoms with Crippen molar-refractivity contribution in [2.24, 2.45) is 5.92 Å². The molecule has 152 valence electrons. The minimum absolute atomic E-state index is 0.232. The van der Waals surface area contributed by atoms with E-state index in [1.165, 1.54) is 33.3 Å². The minimum atomic E-state index is 0.232. The number of aliphatic hydroxyl groups is 1. The number of rotatable bonds is 5. The zero-order chi connectivity index (χ0) is 20.3. The van der Waals surface area contributed by atoms with E-state index in [0.717, 1.165) is 26.1 Å². The van der Waals surface area contributed by atoms with Gasteiger partial charge in [-0.1, -0.05) is 78.9 Å². The van der Waals surface area contributed by atoms with Crippen LogP contribution < -0.4 is 0 Å². The van der Waals surface area contributed by atoms with E-state index in [9.17, 15) is 5.11 Å². The molecule has 0 bridgehead atoms. The number of nitrogens with zero attached hydrogens (tertiary/aromatic N) is 1. The second-order valence-corrected chi connectivity index (χ2v) is 8.37. The van der Waals surface area contributed by atoms with Crippen LogP contribution in [0.5, 0.6) is 0 Å². The average Bonchev–Trinajstić information content (AvgIpc) is 3.18. The van der Waals surface area contributed by atoms with Crippen LogP contribution in [-0.2, 0) is 6.54 Å². The smallest absolute Gasteiger partial charge is 0.0510 e. The highest BCUT2D eigenvalue weighted by molar-refractivity contribution is 5.90. The number of fused-ring (bicyclic) bond motifs is 1. The number of nitrogens with one attached hydrogen (secondary N) is 1. The number of benzene rings is 3. The van der Waals surface area contributed by atoms with Crippen LogP contribution in [0.4, 0.5) is 0 Å². The second-order valence-electron chi connectivity index (χ2n) is 8.37. The van der Waals surface area contributed by atoms with E-state index < -0.39 is 0 Å². The molecule has 0 unspecified atom stereocenters. The first kappa shape index (κ1) is 19.1. The Bertz CT molecular complexity index is 1100. The van der Waals surface area contributed by atoms with Crippen LogP contribution in [0.25, 0.3) is 22.2 Å². The fourth-order valence-electron chi connectivity index (χ4n) is 5.01. The summed E-state index contributed by atoms with van der Waals surface area (Å²) in [4.78, 5) is 6.17. The highest BCUT2D eigenvalue weighted by atomic mass is 16.3. The van der Waals surface area contributed by atoms with Crippen LogP contribution in [0.1, 0.15) is 23.5 Å². The van der Waals surface area contributed by atoms with Gasteiger partial charge in [-0.05, 0) is 41.6 Å². The highest BCUT2D eigenvalue weighted by Crippen LogP contribution is 2.36. The summed E-state index contributed by atoms with van der Waals surface area (Å²) in [6, 6.07) is 29.9. The Morgan fingerprint density at radius 1 is 0.867 bits per heavy atom. The SMILES string of the molecule is OC[C@@H]1CN(Cc2c(-c3ccccc3)[nH]c3ccccc23)CC[C@H]1c1ccccc1. The van der Waals surface area contributed by atoms with Gasteiger partial charge in [0.2, 0.25) is 0 Å². The van der Waals surface area contributed by atoms with Crippen molar-refractivity contribution in [3.8, 4) is 11.3 Å². The van der Waals surface area contributed by atoms with Gasteiger partial charge in [0.05, 0.1) is 5.69 Å². The molecule has 30 heavy (non-hydrogen) atoms. The lowest BCUT2D eigenvalue weighted by Crippen LogP contribution is -2.40. The fraction of sp³-hybridized carbons (Fsp3) is 0.259. The van der Waals surface area contributed by atoms with Gasteiger partial charge in [0.25, 0.3) is 0 Å². The molecule has 1 fully saturated rings. The van der Waals surface area contributed by atoms with E-state index in [0.29, 0.717) is 5.92 Å². The summed E-state index contributed by atoms with van der Waals surface area (Å²) >= 11 is 0. The summed E-state index contributed by atoms with van der Waals surface area (Å²) in [7, 11) is 0. The Balaban J connectivity index is 1.44. The number of hydrogen-bond acceptors (Lipinski definition) is 2. The number of likely N-dealkylation sites (tertiary alicyclic amines) is 1. The first-order valence-electron chi connectivity index (χ1n) is 10.9. The lowest BCUT2D eigenvalue weighted by atomic mass is 9.81. The minimum Gasteiger partial charge on any atom is -0.396 e. The summed E-state index contributed by atoms with van der Waals surface area (Å²) < 4.78 is 0. The van der Waals surface area contributed by atoms with E-state index in [4.69, 9.17) is 0 Å². The monoisotopic (exact) mass is 396 g/mol. The van der Waals surface area contributed by atoms with Gasteiger partial charge in [-0.25, -0.2) is 0 Å². The van der Waals surface area contributed by atoms with Gasteiger partial charge in [-0.3, -0.25) is 4.90 Å². The average molecular weight is 397 g/mol. The van der Waals surface area contributed by atoms with Crippen molar-refractivity contribution in [3.05, 3.63) is 96.1 Å². The Hall–Kier alpha value is -2.88. The normalized spacial score (nSPS) is 19.9. The summed E-state index contributed by atoms with van der Waals surface area (Å²) in [6.07, 6.45) is 1.08. The molecule has 0 aliphatic carbocycles. The Kier molecular flexibility index (Phi) is 5.39. The van der Waals surface area contributed by atoms with Gasteiger partial charge in [0.1, 0.15) is 0 Å². The molecule has 1 aromatic heterocycles. The van der Waals surface area contributed by atoms with E-state index >= 15 is 0 Å². The van der Waals surface area contributed by atoms with Crippen molar-refractivity contribution < 1.29 is 5.11 Å². The standard InChI is InChI=1S/C27H28N2O/c30-19-22-17-29(16-15-23(22)20-9-3-1-4-10-20)18-25-24-13-7-8-14-26(24)28-27(25)21-11-5-2-6-12-21/h1-14,22-23,28,30H,15-19H2/t22-,23-/m0/s1. The molecule has 5 rings (SSSR count). The molecule has 0 spiro atoms. The molecule has 3 aromatic carbocycles. The third-order valence-electron chi connectivity index (χ3n) is 6.54. The van der Waals surface area contributed by atoms with Crippen molar-refractivity contribution >= 4 is 10.9 Å². The summed E-state index contributed by atoms with van der Waals surface area (Å²) in [5, 5.41) is 11.4.